The fourth-order valence-electron chi connectivity index (χ4n) is 4.87. The summed E-state index contributed by atoms with van der Waals surface area (Å²) in [6.07, 6.45) is 5.52. The Hall–Kier alpha value is -2.57. The maximum atomic E-state index is 12.9. The van der Waals surface area contributed by atoms with E-state index >= 15 is 0 Å². The van der Waals surface area contributed by atoms with E-state index in [0.29, 0.717) is 36.6 Å². The summed E-state index contributed by atoms with van der Waals surface area (Å²) in [5.74, 6) is 0.637. The molecule has 1 aromatic rings. The summed E-state index contributed by atoms with van der Waals surface area (Å²) in [6.45, 7) is 4.32. The van der Waals surface area contributed by atoms with Gasteiger partial charge in [-0.3, -0.25) is 14.4 Å². The summed E-state index contributed by atoms with van der Waals surface area (Å²) in [4.78, 5) is 39.9. The molecule has 1 aromatic carbocycles. The fraction of sp³-hybridized carbons (Fsp3) is 0.609. The number of carbonyl (C=O) groups excluding carboxylic acids is 3. The quantitative estimate of drug-likeness (QED) is 0.797. The van der Waals surface area contributed by atoms with Gasteiger partial charge in [-0.1, -0.05) is 31.9 Å². The number of nitrogens with zero attached hydrogens (tertiary/aromatic N) is 1. The van der Waals surface area contributed by atoms with Crippen LogP contribution >= 0.6 is 0 Å². The van der Waals surface area contributed by atoms with E-state index in [9.17, 15) is 14.4 Å². The minimum Gasteiger partial charge on any atom is -0.467 e. The van der Waals surface area contributed by atoms with Crippen LogP contribution in [0.2, 0.25) is 0 Å². The molecule has 0 aromatic heterocycles. The lowest BCUT2D eigenvalue weighted by atomic mass is 9.86. The third-order valence-electron chi connectivity index (χ3n) is 6.88. The molecule has 162 valence electrons. The molecule has 2 heterocycles. The van der Waals surface area contributed by atoms with Gasteiger partial charge in [-0.15, -0.1) is 0 Å². The highest BCUT2D eigenvalue weighted by molar-refractivity contribution is 5.98. The molecular weight excluding hydrogens is 382 g/mol. The van der Waals surface area contributed by atoms with Gasteiger partial charge >= 0.3 is 0 Å². The third-order valence-corrected chi connectivity index (χ3v) is 6.88. The Balaban J connectivity index is 1.44. The summed E-state index contributed by atoms with van der Waals surface area (Å²) < 4.78 is 6.17. The van der Waals surface area contributed by atoms with E-state index in [2.05, 4.69) is 17.6 Å². The van der Waals surface area contributed by atoms with Gasteiger partial charge in [0.15, 0.2) is 5.72 Å². The first kappa shape index (κ1) is 20.7. The largest absolute Gasteiger partial charge is 0.467 e. The van der Waals surface area contributed by atoms with Gasteiger partial charge in [-0.05, 0) is 37.8 Å². The number of amides is 3. The van der Waals surface area contributed by atoms with Crippen molar-refractivity contribution < 1.29 is 19.1 Å². The maximum absolute atomic E-state index is 12.9. The first-order chi connectivity index (χ1) is 14.4. The van der Waals surface area contributed by atoms with Gasteiger partial charge in [-0.2, -0.15) is 0 Å². The van der Waals surface area contributed by atoms with Crippen LogP contribution in [-0.4, -0.2) is 47.0 Å². The molecular formula is C23H31N3O4. The molecule has 1 aliphatic carbocycles. The highest BCUT2D eigenvalue weighted by atomic mass is 16.5. The van der Waals surface area contributed by atoms with Gasteiger partial charge in [-0.25, -0.2) is 0 Å². The number of para-hydroxylation sites is 1. The Morgan fingerprint density at radius 2 is 2.00 bits per heavy atom. The fourth-order valence-corrected chi connectivity index (χ4v) is 4.87. The molecule has 0 bridgehead atoms. The lowest BCUT2D eigenvalue weighted by Crippen LogP contribution is -2.57. The van der Waals surface area contributed by atoms with E-state index in [0.717, 1.165) is 19.3 Å². The number of carbonyl (C=O) groups is 3. The number of hydrogen-bond donors (Lipinski definition) is 2. The molecule has 2 fully saturated rings. The molecule has 1 saturated carbocycles. The van der Waals surface area contributed by atoms with Crippen molar-refractivity contribution in [3.05, 3.63) is 29.8 Å². The number of fused-ring (bicyclic) bond motifs is 1. The molecule has 0 radical (unpaired) electrons. The average Bonchev–Trinajstić information content (AvgIpc) is 2.88. The zero-order chi connectivity index (χ0) is 21.3. The molecule has 30 heavy (non-hydrogen) atoms. The Kier molecular flexibility index (Phi) is 5.71. The second-order valence-electron chi connectivity index (χ2n) is 8.94. The lowest BCUT2D eigenvalue weighted by molar-refractivity contribution is -0.140. The lowest BCUT2D eigenvalue weighted by Gasteiger charge is -2.38. The molecule has 1 saturated heterocycles. The number of hydrogen-bond acceptors (Lipinski definition) is 4. The zero-order valence-corrected chi connectivity index (χ0v) is 17.8. The highest BCUT2D eigenvalue weighted by Gasteiger charge is 2.44. The van der Waals surface area contributed by atoms with E-state index in [1.165, 1.54) is 6.42 Å². The highest BCUT2D eigenvalue weighted by Crippen LogP contribution is 2.34. The van der Waals surface area contributed by atoms with Crippen LogP contribution in [0.15, 0.2) is 24.3 Å². The summed E-state index contributed by atoms with van der Waals surface area (Å²) in [6, 6.07) is 6.77. The van der Waals surface area contributed by atoms with Crippen LogP contribution in [0.5, 0.6) is 5.75 Å². The van der Waals surface area contributed by atoms with Crippen LogP contribution in [0, 0.1) is 5.92 Å². The molecule has 2 aliphatic heterocycles. The molecule has 2 N–H and O–H groups in total. The Bertz CT molecular complexity index is 841. The molecule has 1 spiro atoms. The molecule has 7 nitrogen and oxygen atoms in total. The van der Waals surface area contributed by atoms with Crippen LogP contribution < -0.4 is 15.4 Å². The van der Waals surface area contributed by atoms with Crippen molar-refractivity contribution in [1.29, 1.82) is 0 Å². The van der Waals surface area contributed by atoms with Crippen LogP contribution in [0.3, 0.4) is 0 Å². The van der Waals surface area contributed by atoms with E-state index in [4.69, 9.17) is 4.74 Å². The molecule has 4 rings (SSSR count). The standard InChI is InChI=1S/C23H31N3O4/c1-15-7-3-5-9-18(15)24-21(28)16(2)26-14-13-23(12-11-20(26)27)25-22(29)17-8-4-6-10-19(17)30-23/h4,6,8,10,15-16,18H,3,5,7,9,11-14H2,1-2H3,(H,24,28)(H,25,29). The number of likely N-dealkylation sites (tertiary alicyclic amines) is 1. The molecule has 3 aliphatic rings. The summed E-state index contributed by atoms with van der Waals surface area (Å²) in [5, 5.41) is 6.13. The second-order valence-corrected chi connectivity index (χ2v) is 8.94. The van der Waals surface area contributed by atoms with Crippen molar-refractivity contribution in [2.24, 2.45) is 5.92 Å². The van der Waals surface area contributed by atoms with E-state index in [1.807, 2.05) is 6.07 Å². The average molecular weight is 414 g/mol. The molecule has 4 unspecified atom stereocenters. The van der Waals surface area contributed by atoms with Crippen molar-refractivity contribution in [2.45, 2.75) is 76.6 Å². The zero-order valence-electron chi connectivity index (χ0n) is 17.8. The van der Waals surface area contributed by atoms with E-state index < -0.39 is 11.8 Å². The Morgan fingerprint density at radius 3 is 2.80 bits per heavy atom. The molecule has 4 atom stereocenters. The minimum absolute atomic E-state index is 0.0806. The molecule has 3 amide bonds. The number of ether oxygens (including phenoxy) is 1. The number of nitrogens with one attached hydrogen (secondary N) is 2. The predicted molar refractivity (Wildman–Crippen MR) is 112 cm³/mol. The predicted octanol–water partition coefficient (Wildman–Crippen LogP) is 2.60. The Labute approximate surface area is 177 Å². The van der Waals surface area contributed by atoms with Crippen molar-refractivity contribution in [3.63, 3.8) is 0 Å². The van der Waals surface area contributed by atoms with Crippen molar-refractivity contribution in [3.8, 4) is 5.75 Å². The smallest absolute Gasteiger partial charge is 0.258 e. The first-order valence-corrected chi connectivity index (χ1v) is 11.1. The van der Waals surface area contributed by atoms with Crippen LogP contribution in [0.1, 0.15) is 69.2 Å². The first-order valence-electron chi connectivity index (χ1n) is 11.1. The number of benzene rings is 1. The van der Waals surface area contributed by atoms with Gasteiger partial charge in [0, 0.05) is 31.8 Å². The summed E-state index contributed by atoms with van der Waals surface area (Å²) >= 11 is 0. The molecule has 7 heteroatoms. The van der Waals surface area contributed by atoms with Crippen LogP contribution in [0.4, 0.5) is 0 Å². The normalized spacial score (nSPS) is 30.0. The second kappa shape index (κ2) is 8.28. The van der Waals surface area contributed by atoms with E-state index in [1.54, 1.807) is 30.0 Å². The van der Waals surface area contributed by atoms with Crippen molar-refractivity contribution in [1.82, 2.24) is 15.5 Å². The summed E-state index contributed by atoms with van der Waals surface area (Å²) in [5.41, 5.74) is -0.408. The summed E-state index contributed by atoms with van der Waals surface area (Å²) in [7, 11) is 0. The van der Waals surface area contributed by atoms with Gasteiger partial charge < -0.3 is 20.3 Å². The van der Waals surface area contributed by atoms with Gasteiger partial charge in [0.05, 0.1) is 5.56 Å². The topological polar surface area (TPSA) is 87.7 Å². The Morgan fingerprint density at radius 1 is 1.23 bits per heavy atom. The minimum atomic E-state index is -0.913. The van der Waals surface area contributed by atoms with Gasteiger partial charge in [0.2, 0.25) is 11.8 Å². The van der Waals surface area contributed by atoms with Crippen LogP contribution in [-0.2, 0) is 9.59 Å². The van der Waals surface area contributed by atoms with Crippen LogP contribution in [0.25, 0.3) is 0 Å². The monoisotopic (exact) mass is 413 g/mol. The number of rotatable bonds is 3. The van der Waals surface area contributed by atoms with E-state index in [-0.39, 0.29) is 30.2 Å². The van der Waals surface area contributed by atoms with Gasteiger partial charge in [0.1, 0.15) is 11.8 Å². The SMILES string of the molecule is CC1CCCCC1NC(=O)C(C)N1CCC2(CCC1=O)NC(=O)c1ccccc1O2. The van der Waals surface area contributed by atoms with Gasteiger partial charge in [0.25, 0.3) is 5.91 Å². The van der Waals surface area contributed by atoms with Crippen molar-refractivity contribution >= 4 is 17.7 Å². The maximum Gasteiger partial charge on any atom is 0.258 e. The third kappa shape index (κ3) is 4.02. The van der Waals surface area contributed by atoms with Crippen molar-refractivity contribution in [2.75, 3.05) is 6.54 Å².